The molecular weight excluding hydrogens is 674 g/mol. The molecule has 4 rings (SSSR count). The Kier molecular flexibility index (Phi) is 12.2. The molecule has 0 radical (unpaired) electrons. The maximum atomic E-state index is 13.3. The van der Waals surface area contributed by atoms with Gasteiger partial charge in [-0.2, -0.15) is 0 Å². The molecule has 0 spiro atoms. The van der Waals surface area contributed by atoms with Crippen molar-refractivity contribution in [3.8, 4) is 5.75 Å². The standard InChI is InChI=1S/C28H38ClN9O6.BrH/c1-5-37-19-14-17(43-11-8-32-27(41)44-28(2,3)4)6-7-18(19)38(16-21(39)36-9-12-42-13-10-36)20(37)15-33-26(40)22-24(30)35-25(31)23(29)34-22;/h6-7,14H,5,8-13,15-16H2,1-4H3,(H5-,30,31,32,33,35,40,41);1H. The lowest BCUT2D eigenvalue weighted by Crippen LogP contribution is -3.00. The lowest BCUT2D eigenvalue weighted by atomic mass is 10.2. The number of nitrogens with two attached hydrogens (primary N) is 2. The first-order valence-corrected chi connectivity index (χ1v) is 14.6. The van der Waals surface area contributed by atoms with Crippen LogP contribution in [0.2, 0.25) is 5.15 Å². The predicted octanol–water partition coefficient (Wildman–Crippen LogP) is -1.75. The van der Waals surface area contributed by atoms with Crippen LogP contribution in [0, 0.1) is 0 Å². The van der Waals surface area contributed by atoms with Crippen LogP contribution in [0.4, 0.5) is 16.4 Å². The molecule has 0 saturated carbocycles. The zero-order chi connectivity index (χ0) is 32.0. The van der Waals surface area contributed by atoms with Gasteiger partial charge in [-0.05, 0) is 39.8 Å². The van der Waals surface area contributed by atoms with E-state index in [1.54, 1.807) is 31.7 Å². The van der Waals surface area contributed by atoms with Gasteiger partial charge in [0.05, 0.1) is 26.3 Å². The largest absolute Gasteiger partial charge is 1.00 e. The van der Waals surface area contributed by atoms with Crippen LogP contribution in [0.25, 0.3) is 11.0 Å². The first-order chi connectivity index (χ1) is 20.9. The fourth-order valence-electron chi connectivity index (χ4n) is 4.72. The monoisotopic (exact) mass is 711 g/mol. The van der Waals surface area contributed by atoms with Gasteiger partial charge < -0.3 is 58.2 Å². The van der Waals surface area contributed by atoms with Crippen LogP contribution in [0.3, 0.4) is 0 Å². The number of fused-ring (bicyclic) bond motifs is 1. The number of aryl methyl sites for hydroxylation is 1. The number of amides is 3. The lowest BCUT2D eigenvalue weighted by Gasteiger charge is -2.26. The van der Waals surface area contributed by atoms with E-state index in [1.165, 1.54) is 0 Å². The number of imidazole rings is 1. The molecule has 3 aromatic rings. The quantitative estimate of drug-likeness (QED) is 0.139. The van der Waals surface area contributed by atoms with Crippen LogP contribution >= 0.6 is 11.6 Å². The van der Waals surface area contributed by atoms with Crippen LogP contribution in [0.1, 0.15) is 44.0 Å². The molecule has 15 nitrogen and oxygen atoms in total. The highest BCUT2D eigenvalue weighted by Crippen LogP contribution is 2.22. The Bertz CT molecular complexity index is 1540. The Morgan fingerprint density at radius 2 is 1.82 bits per heavy atom. The number of carbonyl (C=O) groups is 3. The first kappa shape index (κ1) is 35.6. The molecule has 1 saturated heterocycles. The molecule has 3 amide bonds. The van der Waals surface area contributed by atoms with E-state index in [9.17, 15) is 14.4 Å². The van der Waals surface area contributed by atoms with Gasteiger partial charge in [0.25, 0.3) is 17.6 Å². The van der Waals surface area contributed by atoms with Crippen LogP contribution in [-0.4, -0.2) is 82.4 Å². The molecule has 0 aliphatic carbocycles. The van der Waals surface area contributed by atoms with Crippen LogP contribution in [0.5, 0.6) is 5.75 Å². The van der Waals surface area contributed by atoms with Crippen molar-refractivity contribution in [2.45, 2.75) is 52.9 Å². The molecule has 45 heavy (non-hydrogen) atoms. The summed E-state index contributed by atoms with van der Waals surface area (Å²) in [7, 11) is 0. The SMILES string of the molecule is CCn1c(CNC(=O)c2nc(Cl)c(N)nc2N)[n+](CC(=O)N2CCOCC2)c2ccc(OCCNC(=O)OC(C)(C)C)cc21.[Br-]. The lowest BCUT2D eigenvalue weighted by molar-refractivity contribution is -0.668. The number of aromatic nitrogens is 4. The average Bonchev–Trinajstić information content (AvgIpc) is 3.26. The van der Waals surface area contributed by atoms with Gasteiger partial charge in [-0.15, -0.1) is 0 Å². The molecule has 0 unspecified atom stereocenters. The number of hydrogen-bond donors (Lipinski definition) is 4. The zero-order valence-corrected chi connectivity index (χ0v) is 28.0. The zero-order valence-electron chi connectivity index (χ0n) is 25.7. The topological polar surface area (TPSA) is 193 Å². The van der Waals surface area contributed by atoms with Gasteiger partial charge in [0.1, 0.15) is 24.5 Å². The number of anilines is 2. The summed E-state index contributed by atoms with van der Waals surface area (Å²) < 4.78 is 20.4. The molecule has 1 aromatic carbocycles. The summed E-state index contributed by atoms with van der Waals surface area (Å²) in [5.41, 5.74) is 12.3. The molecule has 1 aliphatic rings. The normalized spacial score (nSPS) is 13.2. The van der Waals surface area contributed by atoms with Crippen molar-refractivity contribution >= 4 is 52.2 Å². The van der Waals surface area contributed by atoms with Crippen molar-refractivity contribution < 1.29 is 50.1 Å². The van der Waals surface area contributed by atoms with Crippen LogP contribution in [-0.2, 0) is 33.9 Å². The van der Waals surface area contributed by atoms with Crippen molar-refractivity contribution in [2.75, 3.05) is 50.9 Å². The number of rotatable bonds is 10. The fourth-order valence-corrected chi connectivity index (χ4v) is 4.84. The number of carbonyl (C=O) groups excluding carboxylic acids is 3. The average molecular weight is 713 g/mol. The number of nitrogens with zero attached hydrogens (tertiary/aromatic N) is 5. The summed E-state index contributed by atoms with van der Waals surface area (Å²) in [6.45, 7) is 10.4. The predicted molar refractivity (Wildman–Crippen MR) is 162 cm³/mol. The number of morpholine rings is 1. The second kappa shape index (κ2) is 15.4. The van der Waals surface area contributed by atoms with Gasteiger partial charge in [0.2, 0.25) is 0 Å². The summed E-state index contributed by atoms with van der Waals surface area (Å²) in [5, 5.41) is 5.36. The Hall–Kier alpha value is -3.89. The van der Waals surface area contributed by atoms with Gasteiger partial charge in [0.15, 0.2) is 40.1 Å². The molecule has 17 heteroatoms. The van der Waals surface area contributed by atoms with Crippen molar-refractivity contribution in [3.05, 3.63) is 34.9 Å². The third kappa shape index (κ3) is 9.08. The van der Waals surface area contributed by atoms with Gasteiger partial charge in [-0.1, -0.05) is 11.6 Å². The molecule has 3 heterocycles. The van der Waals surface area contributed by atoms with E-state index in [2.05, 4.69) is 20.6 Å². The molecule has 246 valence electrons. The highest BCUT2D eigenvalue weighted by atomic mass is 79.9. The second-order valence-corrected chi connectivity index (χ2v) is 11.3. The van der Waals surface area contributed by atoms with Crippen molar-refractivity contribution in [1.82, 2.24) is 30.1 Å². The van der Waals surface area contributed by atoms with E-state index in [1.807, 2.05) is 28.2 Å². The van der Waals surface area contributed by atoms with Crippen LogP contribution < -0.4 is 48.4 Å². The number of nitrogens with one attached hydrogen (secondary N) is 2. The highest BCUT2D eigenvalue weighted by molar-refractivity contribution is 6.31. The third-order valence-corrected chi connectivity index (χ3v) is 6.97. The second-order valence-electron chi connectivity index (χ2n) is 11.0. The summed E-state index contributed by atoms with van der Waals surface area (Å²) in [6, 6.07) is 5.51. The minimum absolute atomic E-state index is 0. The molecule has 0 atom stereocenters. The Morgan fingerprint density at radius 1 is 1.11 bits per heavy atom. The Labute approximate surface area is 276 Å². The van der Waals surface area contributed by atoms with E-state index in [0.717, 1.165) is 11.0 Å². The summed E-state index contributed by atoms with van der Waals surface area (Å²) >= 11 is 5.97. The van der Waals surface area contributed by atoms with E-state index in [-0.39, 0.29) is 71.6 Å². The summed E-state index contributed by atoms with van der Waals surface area (Å²) in [4.78, 5) is 48.0. The van der Waals surface area contributed by atoms with E-state index < -0.39 is 17.6 Å². The molecule has 1 aliphatic heterocycles. The van der Waals surface area contributed by atoms with Gasteiger partial charge >= 0.3 is 6.09 Å². The molecule has 6 N–H and O–H groups in total. The molecular formula is C28H39BrClN9O6. The minimum Gasteiger partial charge on any atom is -1.00 e. The maximum Gasteiger partial charge on any atom is 0.407 e. The van der Waals surface area contributed by atoms with E-state index >= 15 is 0 Å². The summed E-state index contributed by atoms with van der Waals surface area (Å²) in [5.74, 6) is 0.322. The van der Waals surface area contributed by atoms with E-state index in [0.29, 0.717) is 44.4 Å². The van der Waals surface area contributed by atoms with E-state index in [4.69, 9.17) is 37.3 Å². The van der Waals surface area contributed by atoms with Gasteiger partial charge in [-0.25, -0.2) is 23.9 Å². The Balaban J connectivity index is 0.00000552. The van der Waals surface area contributed by atoms with Crippen molar-refractivity contribution in [2.24, 2.45) is 0 Å². The smallest absolute Gasteiger partial charge is 0.407 e. The molecule has 1 fully saturated rings. The Morgan fingerprint density at radius 3 is 2.49 bits per heavy atom. The number of hydrogen-bond acceptors (Lipinski definition) is 10. The number of alkyl carbamates (subject to hydrolysis) is 1. The number of halogens is 2. The number of nitrogen functional groups attached to an aromatic ring is 2. The maximum absolute atomic E-state index is 13.3. The third-order valence-electron chi connectivity index (χ3n) is 6.69. The minimum atomic E-state index is -0.600. The number of ether oxygens (including phenoxy) is 3. The molecule has 0 bridgehead atoms. The van der Waals surface area contributed by atoms with Crippen molar-refractivity contribution in [1.29, 1.82) is 0 Å². The van der Waals surface area contributed by atoms with Gasteiger partial charge in [0, 0.05) is 19.2 Å². The van der Waals surface area contributed by atoms with Gasteiger partial charge in [-0.3, -0.25) is 9.59 Å². The fraction of sp³-hybridized carbons (Fsp3) is 0.500. The van der Waals surface area contributed by atoms with Crippen molar-refractivity contribution in [3.63, 3.8) is 0 Å². The number of benzene rings is 1. The first-order valence-electron chi connectivity index (χ1n) is 14.2. The highest BCUT2D eigenvalue weighted by Gasteiger charge is 2.29. The van der Waals surface area contributed by atoms with Crippen LogP contribution in [0.15, 0.2) is 18.2 Å². The summed E-state index contributed by atoms with van der Waals surface area (Å²) in [6.07, 6.45) is -0.525. The molecule has 2 aromatic heterocycles.